The summed E-state index contributed by atoms with van der Waals surface area (Å²) in [5, 5.41) is 25.0. The molecular weight excluding hydrogens is 434 g/mol. The Bertz CT molecular complexity index is 1470. The number of para-hydroxylation sites is 2. The summed E-state index contributed by atoms with van der Waals surface area (Å²) >= 11 is 0. The van der Waals surface area contributed by atoms with Crippen molar-refractivity contribution >= 4 is 33.3 Å². The van der Waals surface area contributed by atoms with Gasteiger partial charge in [-0.25, -0.2) is 14.5 Å². The number of aliphatic hydroxyl groups excluding tert-OH is 1. The molecule has 0 amide bonds. The fourth-order valence-electron chi connectivity index (χ4n) is 3.52. The number of nitrogens with one attached hydrogen (secondary N) is 1. The minimum absolute atomic E-state index is 0.0333. The van der Waals surface area contributed by atoms with Crippen molar-refractivity contribution in [3.05, 3.63) is 76.2 Å². The fourth-order valence-corrected chi connectivity index (χ4v) is 3.52. The number of nitrogens with zero attached hydrogens (tertiary/aromatic N) is 4. The second kappa shape index (κ2) is 9.58. The number of rotatable bonds is 7. The average Bonchev–Trinajstić information content (AvgIpc) is 3.26. The van der Waals surface area contributed by atoms with E-state index in [1.807, 2.05) is 32.0 Å². The first-order valence-electron chi connectivity index (χ1n) is 10.8. The number of aromatic nitrogens is 4. The third-order valence-corrected chi connectivity index (χ3v) is 5.35. The first kappa shape index (κ1) is 22.7. The molecule has 0 atom stereocenters. The number of imidazole rings is 1. The standard InChI is InChI=1S/C25H23N5O4/c1-15(2)11-12-30-24(32)17-8-4-3-7-16(17)22(29-30)25(33)34-14-21(31)18(13-26)23-27-19-9-5-6-10-20(19)28-23/h3-10,15,31H,11-12,14H2,1-2H3,(H,27,28). The molecule has 0 bridgehead atoms. The highest BCUT2D eigenvalue weighted by atomic mass is 16.5. The van der Waals surface area contributed by atoms with Crippen molar-refractivity contribution in [2.75, 3.05) is 6.61 Å². The molecule has 2 aromatic carbocycles. The largest absolute Gasteiger partial charge is 0.507 e. The third-order valence-electron chi connectivity index (χ3n) is 5.35. The van der Waals surface area contributed by atoms with E-state index in [1.165, 1.54) is 4.68 Å². The quantitative estimate of drug-likeness (QED) is 0.244. The number of H-pyrrole nitrogens is 1. The second-order valence-corrected chi connectivity index (χ2v) is 8.22. The third kappa shape index (κ3) is 4.52. The van der Waals surface area contributed by atoms with Gasteiger partial charge >= 0.3 is 5.97 Å². The molecule has 0 aliphatic carbocycles. The van der Waals surface area contributed by atoms with E-state index in [0.717, 1.165) is 0 Å². The molecule has 0 radical (unpaired) electrons. The molecule has 9 heteroatoms. The number of hydrogen-bond donors (Lipinski definition) is 2. The number of aliphatic hydroxyl groups is 1. The topological polar surface area (TPSA) is 134 Å². The first-order valence-corrected chi connectivity index (χ1v) is 10.8. The van der Waals surface area contributed by atoms with Crippen molar-refractivity contribution in [3.63, 3.8) is 0 Å². The number of carbonyl (C=O) groups is 1. The molecule has 0 unspecified atom stereocenters. The number of carbonyl (C=O) groups excluding carboxylic acids is 1. The minimum atomic E-state index is -0.817. The van der Waals surface area contributed by atoms with Crippen LogP contribution in [0.15, 0.2) is 59.1 Å². The molecule has 0 aliphatic rings. The monoisotopic (exact) mass is 457 g/mol. The number of aryl methyl sites for hydroxylation is 1. The summed E-state index contributed by atoms with van der Waals surface area (Å²) < 4.78 is 6.55. The number of allylic oxidation sites excluding steroid dienone is 1. The van der Waals surface area contributed by atoms with Gasteiger partial charge in [0.2, 0.25) is 0 Å². The Balaban J connectivity index is 1.63. The van der Waals surface area contributed by atoms with E-state index >= 15 is 0 Å². The van der Waals surface area contributed by atoms with E-state index in [0.29, 0.717) is 40.7 Å². The average molecular weight is 457 g/mol. The maximum Gasteiger partial charge on any atom is 0.359 e. The van der Waals surface area contributed by atoms with Crippen LogP contribution in [0.4, 0.5) is 0 Å². The van der Waals surface area contributed by atoms with E-state index in [4.69, 9.17) is 4.74 Å². The van der Waals surface area contributed by atoms with Gasteiger partial charge in [0.1, 0.15) is 18.2 Å². The zero-order valence-corrected chi connectivity index (χ0v) is 18.8. The van der Waals surface area contributed by atoms with Gasteiger partial charge in [0.05, 0.1) is 16.4 Å². The smallest absolute Gasteiger partial charge is 0.359 e. The summed E-state index contributed by atoms with van der Waals surface area (Å²) in [6.07, 6.45) is 0.715. The van der Waals surface area contributed by atoms with E-state index in [-0.39, 0.29) is 22.7 Å². The summed E-state index contributed by atoms with van der Waals surface area (Å²) in [6.45, 7) is 3.87. The van der Waals surface area contributed by atoms with Gasteiger partial charge in [-0.3, -0.25) is 4.79 Å². The Morgan fingerprint density at radius 1 is 1.18 bits per heavy atom. The molecule has 34 heavy (non-hydrogen) atoms. The van der Waals surface area contributed by atoms with Crippen LogP contribution in [0.1, 0.15) is 36.6 Å². The molecule has 4 rings (SSSR count). The zero-order valence-electron chi connectivity index (χ0n) is 18.8. The van der Waals surface area contributed by atoms with Gasteiger partial charge in [-0.15, -0.1) is 0 Å². The number of hydrogen-bond acceptors (Lipinski definition) is 7. The van der Waals surface area contributed by atoms with Gasteiger partial charge in [0, 0.05) is 11.9 Å². The molecule has 172 valence electrons. The molecule has 2 aromatic heterocycles. The summed E-state index contributed by atoms with van der Waals surface area (Å²) in [6, 6.07) is 15.8. The second-order valence-electron chi connectivity index (χ2n) is 8.22. The number of nitriles is 1. The number of ether oxygens (including phenoxy) is 1. The van der Waals surface area contributed by atoms with E-state index in [1.54, 1.807) is 36.4 Å². The lowest BCUT2D eigenvalue weighted by atomic mass is 10.1. The van der Waals surface area contributed by atoms with Crippen LogP contribution < -0.4 is 5.56 Å². The maximum atomic E-state index is 12.9. The summed E-state index contributed by atoms with van der Waals surface area (Å²) in [7, 11) is 0. The molecular formula is C25H23N5O4. The number of benzene rings is 2. The van der Waals surface area contributed by atoms with Gasteiger partial charge in [-0.05, 0) is 30.5 Å². The van der Waals surface area contributed by atoms with E-state index in [9.17, 15) is 20.0 Å². The van der Waals surface area contributed by atoms with Crippen LogP contribution in [-0.4, -0.2) is 37.4 Å². The van der Waals surface area contributed by atoms with E-state index in [2.05, 4.69) is 15.1 Å². The maximum absolute atomic E-state index is 12.9. The Kier molecular flexibility index (Phi) is 6.41. The highest BCUT2D eigenvalue weighted by Gasteiger charge is 2.20. The van der Waals surface area contributed by atoms with Gasteiger partial charge < -0.3 is 14.8 Å². The van der Waals surface area contributed by atoms with Crippen LogP contribution in [0.3, 0.4) is 0 Å². The summed E-state index contributed by atoms with van der Waals surface area (Å²) in [5.41, 5.74) is 0.883. The van der Waals surface area contributed by atoms with Gasteiger partial charge in [0.25, 0.3) is 5.56 Å². The first-order chi connectivity index (χ1) is 16.4. The molecule has 9 nitrogen and oxygen atoms in total. The molecule has 2 heterocycles. The van der Waals surface area contributed by atoms with Gasteiger partial charge in [-0.2, -0.15) is 10.4 Å². The molecule has 0 spiro atoms. The van der Waals surface area contributed by atoms with Crippen molar-refractivity contribution in [1.82, 2.24) is 19.7 Å². The van der Waals surface area contributed by atoms with Crippen molar-refractivity contribution < 1.29 is 14.6 Å². The lowest BCUT2D eigenvalue weighted by molar-refractivity contribution is 0.0495. The summed E-state index contributed by atoms with van der Waals surface area (Å²) in [4.78, 5) is 33.0. The van der Waals surface area contributed by atoms with Crippen LogP contribution in [0.5, 0.6) is 0 Å². The van der Waals surface area contributed by atoms with Crippen LogP contribution in [0, 0.1) is 17.2 Å². The van der Waals surface area contributed by atoms with Crippen LogP contribution >= 0.6 is 0 Å². The molecule has 0 aliphatic heterocycles. The minimum Gasteiger partial charge on any atom is -0.507 e. The molecule has 0 saturated heterocycles. The lowest BCUT2D eigenvalue weighted by Gasteiger charge is -2.12. The van der Waals surface area contributed by atoms with Crippen LogP contribution in [0.25, 0.3) is 27.4 Å². The SMILES string of the molecule is CC(C)CCn1nc(C(=O)OCC(O)=C(C#N)c2nc3ccccc3[nH]2)c2ccccc2c1=O. The van der Waals surface area contributed by atoms with Gasteiger partial charge in [0.15, 0.2) is 17.3 Å². The Hall–Kier alpha value is -4.45. The number of esters is 1. The van der Waals surface area contributed by atoms with E-state index < -0.39 is 18.3 Å². The number of fused-ring (bicyclic) bond motifs is 2. The highest BCUT2D eigenvalue weighted by molar-refractivity contribution is 6.02. The Morgan fingerprint density at radius 2 is 1.88 bits per heavy atom. The van der Waals surface area contributed by atoms with Crippen molar-refractivity contribution in [2.24, 2.45) is 5.92 Å². The Labute approximate surface area is 194 Å². The van der Waals surface area contributed by atoms with Crippen molar-refractivity contribution in [2.45, 2.75) is 26.8 Å². The molecule has 0 fully saturated rings. The normalized spacial score (nSPS) is 12.1. The fraction of sp³-hybridized carbons (Fsp3) is 0.240. The van der Waals surface area contributed by atoms with Crippen LogP contribution in [0.2, 0.25) is 0 Å². The predicted octanol–water partition coefficient (Wildman–Crippen LogP) is 3.97. The highest BCUT2D eigenvalue weighted by Crippen LogP contribution is 2.20. The Morgan fingerprint density at radius 3 is 2.59 bits per heavy atom. The molecule has 2 N–H and O–H groups in total. The molecule has 4 aromatic rings. The van der Waals surface area contributed by atoms with Crippen molar-refractivity contribution in [1.29, 1.82) is 5.26 Å². The number of aromatic amines is 1. The van der Waals surface area contributed by atoms with Crippen molar-refractivity contribution in [3.8, 4) is 6.07 Å². The zero-order chi connectivity index (χ0) is 24.2. The van der Waals surface area contributed by atoms with Gasteiger partial charge in [-0.1, -0.05) is 44.2 Å². The lowest BCUT2D eigenvalue weighted by Crippen LogP contribution is -2.27. The van der Waals surface area contributed by atoms with Crippen LogP contribution in [-0.2, 0) is 11.3 Å². The molecule has 0 saturated carbocycles. The predicted molar refractivity (Wildman–Crippen MR) is 127 cm³/mol. The summed E-state index contributed by atoms with van der Waals surface area (Å²) in [5.74, 6) is -0.751.